The highest BCUT2D eigenvalue weighted by Crippen LogP contribution is 2.40. The number of hydrogen-bond donors (Lipinski definition) is 2. The maximum Gasteiger partial charge on any atom is 0.252 e. The SMILES string of the molecule is Cc1sc(C2(CNC(=O)c3cccc(-c4noc(CO)n4)c3)CCOCC2)nc1-c1ccccc1. The van der Waals surface area contributed by atoms with Gasteiger partial charge in [0, 0.05) is 46.7 Å². The summed E-state index contributed by atoms with van der Waals surface area (Å²) in [4.78, 5) is 23.5. The minimum Gasteiger partial charge on any atom is -0.387 e. The Hall–Kier alpha value is -3.40. The van der Waals surface area contributed by atoms with Gasteiger partial charge in [-0.2, -0.15) is 4.98 Å². The second-order valence-electron chi connectivity index (χ2n) is 8.62. The standard InChI is InChI=1S/C26H26N4O4S/c1-17-22(18-6-3-2-4-7-18)29-25(35-17)26(10-12-33-13-11-26)16-27-24(32)20-9-5-8-19(14-20)23-28-21(15-31)34-30-23/h2-9,14,31H,10-13,15-16H2,1H3,(H,27,32). The van der Waals surface area contributed by atoms with Gasteiger partial charge in [-0.15, -0.1) is 11.3 Å². The molecule has 9 heteroatoms. The Morgan fingerprint density at radius 3 is 2.60 bits per heavy atom. The van der Waals surface area contributed by atoms with Crippen molar-refractivity contribution in [3.05, 3.63) is 75.9 Å². The Morgan fingerprint density at radius 2 is 1.86 bits per heavy atom. The van der Waals surface area contributed by atoms with Crippen molar-refractivity contribution in [2.24, 2.45) is 0 Å². The number of aliphatic hydroxyl groups is 1. The van der Waals surface area contributed by atoms with Crippen LogP contribution in [-0.4, -0.2) is 45.9 Å². The third-order valence-corrected chi connectivity index (χ3v) is 7.54. The van der Waals surface area contributed by atoms with E-state index in [0.29, 0.717) is 36.7 Å². The van der Waals surface area contributed by atoms with Crippen LogP contribution in [-0.2, 0) is 16.8 Å². The number of rotatable bonds is 7. The molecule has 4 aromatic rings. The molecular weight excluding hydrogens is 464 g/mol. The van der Waals surface area contributed by atoms with E-state index in [1.165, 1.54) is 4.88 Å². The van der Waals surface area contributed by atoms with Crippen LogP contribution in [0.2, 0.25) is 0 Å². The van der Waals surface area contributed by atoms with Crippen molar-refractivity contribution in [3.63, 3.8) is 0 Å². The molecule has 2 aromatic carbocycles. The molecule has 2 N–H and O–H groups in total. The molecule has 0 aliphatic carbocycles. The summed E-state index contributed by atoms with van der Waals surface area (Å²) in [6.07, 6.45) is 1.59. The van der Waals surface area contributed by atoms with Crippen molar-refractivity contribution in [2.45, 2.75) is 31.8 Å². The summed E-state index contributed by atoms with van der Waals surface area (Å²) in [5, 5.41) is 17.2. The first-order valence-corrected chi connectivity index (χ1v) is 12.3. The van der Waals surface area contributed by atoms with Gasteiger partial charge in [-0.05, 0) is 31.9 Å². The van der Waals surface area contributed by atoms with E-state index < -0.39 is 0 Å². The van der Waals surface area contributed by atoms with E-state index in [-0.39, 0.29) is 23.8 Å². The summed E-state index contributed by atoms with van der Waals surface area (Å²) in [7, 11) is 0. The third kappa shape index (κ3) is 4.88. The van der Waals surface area contributed by atoms with Gasteiger partial charge in [-0.1, -0.05) is 47.6 Å². The van der Waals surface area contributed by atoms with E-state index >= 15 is 0 Å². The van der Waals surface area contributed by atoms with Crippen LogP contribution in [0, 0.1) is 6.92 Å². The van der Waals surface area contributed by atoms with E-state index in [9.17, 15) is 4.79 Å². The summed E-state index contributed by atoms with van der Waals surface area (Å²) >= 11 is 1.70. The first-order chi connectivity index (χ1) is 17.1. The monoisotopic (exact) mass is 490 g/mol. The molecule has 5 rings (SSSR count). The van der Waals surface area contributed by atoms with Crippen LogP contribution < -0.4 is 5.32 Å². The van der Waals surface area contributed by atoms with Crippen LogP contribution in [0.4, 0.5) is 0 Å². The Kier molecular flexibility index (Phi) is 6.72. The fraction of sp³-hybridized carbons (Fsp3) is 0.308. The van der Waals surface area contributed by atoms with Crippen molar-refractivity contribution in [3.8, 4) is 22.6 Å². The normalized spacial score (nSPS) is 15.1. The minimum absolute atomic E-state index is 0.130. The zero-order chi connectivity index (χ0) is 24.3. The van der Waals surface area contributed by atoms with Gasteiger partial charge in [0.15, 0.2) is 0 Å². The number of aliphatic hydroxyl groups excluding tert-OH is 1. The summed E-state index contributed by atoms with van der Waals surface area (Å²) in [5.74, 6) is 0.279. The molecular formula is C26H26N4O4S. The average molecular weight is 491 g/mol. The highest BCUT2D eigenvalue weighted by Gasteiger charge is 2.38. The zero-order valence-corrected chi connectivity index (χ0v) is 20.2. The Balaban J connectivity index is 1.37. The van der Waals surface area contributed by atoms with Gasteiger partial charge in [0.1, 0.15) is 11.6 Å². The predicted molar refractivity (Wildman–Crippen MR) is 132 cm³/mol. The van der Waals surface area contributed by atoms with Crippen molar-refractivity contribution >= 4 is 17.2 Å². The van der Waals surface area contributed by atoms with Crippen molar-refractivity contribution < 1.29 is 19.2 Å². The molecule has 1 aliphatic heterocycles. The molecule has 0 saturated carbocycles. The maximum atomic E-state index is 13.1. The first-order valence-electron chi connectivity index (χ1n) is 11.5. The Labute approximate surface area is 207 Å². The summed E-state index contributed by atoms with van der Waals surface area (Å²) in [6.45, 7) is 3.50. The summed E-state index contributed by atoms with van der Waals surface area (Å²) in [5.41, 5.74) is 2.96. The van der Waals surface area contributed by atoms with Crippen LogP contribution in [0.25, 0.3) is 22.6 Å². The summed E-state index contributed by atoms with van der Waals surface area (Å²) < 4.78 is 10.6. The predicted octanol–water partition coefficient (Wildman–Crippen LogP) is 4.14. The number of thiazole rings is 1. The molecule has 0 atom stereocenters. The lowest BCUT2D eigenvalue weighted by molar-refractivity contribution is 0.0486. The molecule has 35 heavy (non-hydrogen) atoms. The molecule has 3 heterocycles. The van der Waals surface area contributed by atoms with E-state index in [4.69, 9.17) is 19.4 Å². The quantitative estimate of drug-likeness (QED) is 0.401. The van der Waals surface area contributed by atoms with Gasteiger partial charge >= 0.3 is 0 Å². The largest absolute Gasteiger partial charge is 0.387 e. The minimum atomic E-state index is -0.332. The highest BCUT2D eigenvalue weighted by atomic mass is 32.1. The molecule has 1 fully saturated rings. The van der Waals surface area contributed by atoms with Crippen LogP contribution in [0.1, 0.15) is 39.0 Å². The van der Waals surface area contributed by atoms with Gasteiger partial charge in [0.25, 0.3) is 11.8 Å². The second-order valence-corrected chi connectivity index (χ2v) is 9.82. The number of nitrogens with one attached hydrogen (secondary N) is 1. The third-order valence-electron chi connectivity index (χ3n) is 6.32. The number of ether oxygens (including phenoxy) is 1. The molecule has 0 bridgehead atoms. The molecule has 1 saturated heterocycles. The average Bonchev–Trinajstić information content (AvgIpc) is 3.56. The molecule has 0 spiro atoms. The summed E-state index contributed by atoms with van der Waals surface area (Å²) in [6, 6.07) is 17.2. The lowest BCUT2D eigenvalue weighted by Crippen LogP contribution is -2.44. The highest BCUT2D eigenvalue weighted by molar-refractivity contribution is 7.12. The number of hydrogen-bond acceptors (Lipinski definition) is 8. The zero-order valence-electron chi connectivity index (χ0n) is 19.4. The lowest BCUT2D eigenvalue weighted by atomic mass is 9.80. The van der Waals surface area contributed by atoms with E-state index in [1.54, 1.807) is 35.6 Å². The number of aryl methyl sites for hydroxylation is 1. The van der Waals surface area contributed by atoms with Crippen molar-refractivity contribution in [1.29, 1.82) is 0 Å². The molecule has 180 valence electrons. The number of nitrogens with zero attached hydrogens (tertiary/aromatic N) is 3. The number of carbonyl (C=O) groups is 1. The first kappa shape index (κ1) is 23.3. The number of benzene rings is 2. The van der Waals surface area contributed by atoms with Crippen LogP contribution in [0.5, 0.6) is 0 Å². The van der Waals surface area contributed by atoms with Crippen molar-refractivity contribution in [1.82, 2.24) is 20.4 Å². The van der Waals surface area contributed by atoms with E-state index in [2.05, 4.69) is 34.5 Å². The second kappa shape index (κ2) is 10.1. The van der Waals surface area contributed by atoms with Gasteiger partial charge < -0.3 is 19.7 Å². The van der Waals surface area contributed by atoms with Crippen molar-refractivity contribution in [2.75, 3.05) is 19.8 Å². The molecule has 1 aliphatic rings. The van der Waals surface area contributed by atoms with Crippen LogP contribution in [0.3, 0.4) is 0 Å². The topological polar surface area (TPSA) is 110 Å². The number of amides is 1. The van der Waals surface area contributed by atoms with Crippen LogP contribution >= 0.6 is 11.3 Å². The Morgan fingerprint density at radius 1 is 1.09 bits per heavy atom. The molecule has 2 aromatic heterocycles. The number of aromatic nitrogens is 3. The van der Waals surface area contributed by atoms with Crippen LogP contribution in [0.15, 0.2) is 59.1 Å². The lowest BCUT2D eigenvalue weighted by Gasteiger charge is -2.35. The van der Waals surface area contributed by atoms with E-state index in [0.717, 1.165) is 29.1 Å². The molecule has 0 radical (unpaired) electrons. The smallest absolute Gasteiger partial charge is 0.252 e. The van der Waals surface area contributed by atoms with Gasteiger partial charge in [-0.25, -0.2) is 4.98 Å². The van der Waals surface area contributed by atoms with E-state index in [1.807, 2.05) is 18.2 Å². The number of carbonyl (C=O) groups excluding carboxylic acids is 1. The van der Waals surface area contributed by atoms with Gasteiger partial charge in [0.05, 0.1) is 5.69 Å². The molecule has 8 nitrogen and oxygen atoms in total. The fourth-order valence-corrected chi connectivity index (χ4v) is 5.48. The fourth-order valence-electron chi connectivity index (χ4n) is 4.30. The molecule has 0 unspecified atom stereocenters. The molecule has 1 amide bonds. The van der Waals surface area contributed by atoms with Gasteiger partial charge in [0.2, 0.25) is 5.82 Å². The Bertz CT molecular complexity index is 1310. The maximum absolute atomic E-state index is 13.1. The van der Waals surface area contributed by atoms with Gasteiger partial charge in [-0.3, -0.25) is 4.79 Å².